The second-order valence-electron chi connectivity index (χ2n) is 3.44. The average molecular weight is 218 g/mol. The van der Waals surface area contributed by atoms with Gasteiger partial charge in [-0.15, -0.1) is 0 Å². The number of hydrogen-bond acceptors (Lipinski definition) is 4. The molecule has 0 aromatic heterocycles. The molecule has 3 N–H and O–H groups in total. The topological polar surface area (TPSA) is 53.8 Å². The van der Waals surface area contributed by atoms with Crippen LogP contribution < -0.4 is 11.1 Å². The summed E-state index contributed by atoms with van der Waals surface area (Å²) in [5.41, 5.74) is 5.25. The Bertz CT molecular complexity index is 182. The van der Waals surface area contributed by atoms with E-state index in [0.717, 1.165) is 26.2 Å². The van der Waals surface area contributed by atoms with Crippen LogP contribution in [0, 0.1) is 0 Å². The van der Waals surface area contributed by atoms with E-state index in [4.69, 9.17) is 10.5 Å². The van der Waals surface area contributed by atoms with Crippen molar-refractivity contribution in [2.45, 2.75) is 0 Å². The van der Waals surface area contributed by atoms with Gasteiger partial charge in [-0.3, -0.25) is 4.90 Å². The van der Waals surface area contributed by atoms with Gasteiger partial charge in [-0.2, -0.15) is 0 Å². The van der Waals surface area contributed by atoms with Crippen LogP contribution >= 0.6 is 12.2 Å². The van der Waals surface area contributed by atoms with Crippen molar-refractivity contribution in [2.75, 3.05) is 46.7 Å². The second-order valence-corrected chi connectivity index (χ2v) is 3.88. The Morgan fingerprint density at radius 3 is 2.64 bits per heavy atom. The molecule has 0 atom stereocenters. The van der Waals surface area contributed by atoms with Gasteiger partial charge in [-0.25, -0.2) is 0 Å². The molecular formula is C8H18N4OS. The van der Waals surface area contributed by atoms with E-state index in [0.29, 0.717) is 13.5 Å². The minimum Gasteiger partial charge on any atom is -0.376 e. The SMILES string of the molecule is CN1CCN(COCNC(N)=S)CC1. The number of piperazine rings is 1. The Labute approximate surface area is 90.2 Å². The number of nitrogens with zero attached hydrogens (tertiary/aromatic N) is 2. The minimum absolute atomic E-state index is 0.281. The molecule has 1 fully saturated rings. The van der Waals surface area contributed by atoms with Crippen LogP contribution in [0.3, 0.4) is 0 Å². The summed E-state index contributed by atoms with van der Waals surface area (Å²) >= 11 is 4.65. The van der Waals surface area contributed by atoms with Gasteiger partial charge in [0.15, 0.2) is 5.11 Å². The summed E-state index contributed by atoms with van der Waals surface area (Å²) in [6.45, 7) is 5.36. The maximum absolute atomic E-state index is 5.35. The smallest absolute Gasteiger partial charge is 0.165 e. The first-order valence-corrected chi connectivity index (χ1v) is 5.11. The molecule has 0 aromatic carbocycles. The van der Waals surface area contributed by atoms with E-state index in [9.17, 15) is 0 Å². The van der Waals surface area contributed by atoms with Crippen molar-refractivity contribution in [1.29, 1.82) is 0 Å². The predicted octanol–water partition coefficient (Wildman–Crippen LogP) is -1.00. The zero-order chi connectivity index (χ0) is 10.4. The van der Waals surface area contributed by atoms with Gasteiger partial charge in [0.2, 0.25) is 0 Å². The van der Waals surface area contributed by atoms with Gasteiger partial charge in [0.1, 0.15) is 13.5 Å². The lowest BCUT2D eigenvalue weighted by atomic mass is 10.3. The summed E-state index contributed by atoms with van der Waals surface area (Å²) < 4.78 is 5.35. The van der Waals surface area contributed by atoms with Crippen LogP contribution in [-0.2, 0) is 4.74 Å². The van der Waals surface area contributed by atoms with Crippen molar-refractivity contribution in [3.63, 3.8) is 0 Å². The van der Waals surface area contributed by atoms with Gasteiger partial charge in [0, 0.05) is 26.2 Å². The summed E-state index contributed by atoms with van der Waals surface area (Å²) in [7, 11) is 2.13. The molecule has 14 heavy (non-hydrogen) atoms. The Kier molecular flexibility index (Phi) is 5.10. The summed E-state index contributed by atoms with van der Waals surface area (Å²) in [5, 5.41) is 3.02. The molecule has 1 heterocycles. The zero-order valence-electron chi connectivity index (χ0n) is 8.53. The predicted molar refractivity (Wildman–Crippen MR) is 59.8 cm³/mol. The maximum Gasteiger partial charge on any atom is 0.165 e. The third kappa shape index (κ3) is 4.71. The Hall–Kier alpha value is -0.430. The van der Waals surface area contributed by atoms with Gasteiger partial charge < -0.3 is 20.7 Å². The number of ether oxygens (including phenoxy) is 1. The molecule has 0 radical (unpaired) electrons. The van der Waals surface area contributed by atoms with Crippen LogP contribution in [0.25, 0.3) is 0 Å². The van der Waals surface area contributed by atoms with Gasteiger partial charge in [-0.1, -0.05) is 0 Å². The van der Waals surface area contributed by atoms with E-state index in [1.165, 1.54) is 0 Å². The fourth-order valence-electron chi connectivity index (χ4n) is 1.27. The monoisotopic (exact) mass is 218 g/mol. The molecule has 82 valence electrons. The number of hydrogen-bond donors (Lipinski definition) is 2. The quantitative estimate of drug-likeness (QED) is 0.359. The molecule has 0 saturated carbocycles. The van der Waals surface area contributed by atoms with E-state index in [1.54, 1.807) is 0 Å². The molecular weight excluding hydrogens is 200 g/mol. The second kappa shape index (κ2) is 6.13. The lowest BCUT2D eigenvalue weighted by Gasteiger charge is -2.31. The lowest BCUT2D eigenvalue weighted by molar-refractivity contribution is 0.00405. The number of thiocarbonyl (C=S) groups is 1. The number of nitrogens with one attached hydrogen (secondary N) is 1. The van der Waals surface area contributed by atoms with E-state index in [-0.39, 0.29) is 5.11 Å². The van der Waals surface area contributed by atoms with E-state index in [1.807, 2.05) is 0 Å². The summed E-state index contributed by atoms with van der Waals surface area (Å²) in [6.07, 6.45) is 0. The van der Waals surface area contributed by atoms with Gasteiger partial charge >= 0.3 is 0 Å². The van der Waals surface area contributed by atoms with Crippen LogP contribution in [0.1, 0.15) is 0 Å². The fourth-order valence-corrected chi connectivity index (χ4v) is 1.33. The van der Waals surface area contributed by atoms with Crippen LogP contribution in [0.4, 0.5) is 0 Å². The molecule has 0 aliphatic carbocycles. The average Bonchev–Trinajstić information content (AvgIpc) is 2.15. The highest BCUT2D eigenvalue weighted by Crippen LogP contribution is 1.97. The standard InChI is InChI=1S/C8H18N4OS/c1-11-2-4-12(5-3-11)7-13-6-10-8(9)14/h2-7H2,1H3,(H3,9,10,14). The first-order chi connectivity index (χ1) is 6.68. The third-order valence-corrected chi connectivity index (χ3v) is 2.36. The third-order valence-electron chi connectivity index (χ3n) is 2.22. The molecule has 0 spiro atoms. The van der Waals surface area contributed by atoms with Crippen molar-refractivity contribution in [3.8, 4) is 0 Å². The van der Waals surface area contributed by atoms with Crippen LogP contribution in [0.2, 0.25) is 0 Å². The minimum atomic E-state index is 0.281. The van der Waals surface area contributed by atoms with Gasteiger partial charge in [0.25, 0.3) is 0 Å². The highest BCUT2D eigenvalue weighted by Gasteiger charge is 2.12. The molecule has 6 heteroatoms. The number of rotatable bonds is 4. The van der Waals surface area contributed by atoms with E-state index in [2.05, 4.69) is 34.4 Å². The molecule has 1 aliphatic heterocycles. The van der Waals surface area contributed by atoms with Crippen LogP contribution in [-0.4, -0.2) is 61.6 Å². The molecule has 0 unspecified atom stereocenters. The Morgan fingerprint density at radius 1 is 1.43 bits per heavy atom. The van der Waals surface area contributed by atoms with Crippen molar-refractivity contribution < 1.29 is 4.74 Å². The number of nitrogens with two attached hydrogens (primary N) is 1. The van der Waals surface area contributed by atoms with E-state index >= 15 is 0 Å². The lowest BCUT2D eigenvalue weighted by Crippen LogP contribution is -2.45. The molecule has 1 aliphatic rings. The largest absolute Gasteiger partial charge is 0.376 e. The van der Waals surface area contributed by atoms with Crippen LogP contribution in [0.5, 0.6) is 0 Å². The van der Waals surface area contributed by atoms with E-state index < -0.39 is 0 Å². The molecule has 0 amide bonds. The molecule has 0 bridgehead atoms. The first-order valence-electron chi connectivity index (χ1n) is 4.70. The highest BCUT2D eigenvalue weighted by atomic mass is 32.1. The van der Waals surface area contributed by atoms with Crippen molar-refractivity contribution in [1.82, 2.24) is 15.1 Å². The summed E-state index contributed by atoms with van der Waals surface area (Å²) in [5.74, 6) is 0. The molecule has 5 nitrogen and oxygen atoms in total. The van der Waals surface area contributed by atoms with Gasteiger partial charge in [0.05, 0.1) is 0 Å². The number of likely N-dealkylation sites (N-methyl/N-ethyl adjacent to an activating group) is 1. The van der Waals surface area contributed by atoms with Crippen molar-refractivity contribution in [3.05, 3.63) is 0 Å². The van der Waals surface area contributed by atoms with Crippen LogP contribution in [0.15, 0.2) is 0 Å². The normalized spacial score (nSPS) is 19.5. The Balaban J connectivity index is 1.99. The zero-order valence-corrected chi connectivity index (χ0v) is 9.35. The molecule has 0 aromatic rings. The van der Waals surface area contributed by atoms with Gasteiger partial charge in [-0.05, 0) is 19.3 Å². The maximum atomic E-state index is 5.35. The first kappa shape index (κ1) is 11.6. The summed E-state index contributed by atoms with van der Waals surface area (Å²) in [4.78, 5) is 4.57. The Morgan fingerprint density at radius 2 is 2.07 bits per heavy atom. The van der Waals surface area contributed by atoms with Crippen molar-refractivity contribution in [2.24, 2.45) is 5.73 Å². The highest BCUT2D eigenvalue weighted by molar-refractivity contribution is 7.80. The summed E-state index contributed by atoms with van der Waals surface area (Å²) in [6, 6.07) is 0. The fraction of sp³-hybridized carbons (Fsp3) is 0.875. The van der Waals surface area contributed by atoms with Crippen molar-refractivity contribution >= 4 is 17.3 Å². The molecule has 1 rings (SSSR count). The molecule has 1 saturated heterocycles.